The number of nitrogens with one attached hydrogen (secondary N) is 1. The van der Waals surface area contributed by atoms with Crippen molar-refractivity contribution in [3.05, 3.63) is 44.1 Å². The second-order valence-electron chi connectivity index (χ2n) is 2.21. The Morgan fingerprint density at radius 3 is 2.64 bits per heavy atom. The topological polar surface area (TPSA) is 67.4 Å². The third-order valence-electron chi connectivity index (χ3n) is 1.41. The van der Waals surface area contributed by atoms with Crippen LogP contribution in [-0.4, -0.2) is 19.5 Å². The number of aromatic nitrogens is 4. The van der Waals surface area contributed by atoms with Crippen molar-refractivity contribution in [2.45, 2.75) is 0 Å². The van der Waals surface area contributed by atoms with Crippen LogP contribution in [0.1, 0.15) is 0 Å². The van der Waals surface area contributed by atoms with Crippen LogP contribution in [0.4, 0.5) is 5.95 Å². The van der Waals surface area contributed by atoms with Gasteiger partial charge in [-0.2, -0.15) is 0 Å². The van der Waals surface area contributed by atoms with Crippen LogP contribution in [0.3, 0.4) is 0 Å². The summed E-state index contributed by atoms with van der Waals surface area (Å²) in [7, 11) is 0. The van der Waals surface area contributed by atoms with Crippen molar-refractivity contribution in [1.82, 2.24) is 19.5 Å². The van der Waals surface area contributed by atoms with Gasteiger partial charge in [-0.15, -0.1) is 0 Å². The van der Waals surface area contributed by atoms with E-state index in [1.807, 2.05) is 0 Å². The number of rotatable bonds is 1. The maximum Gasteiger partial charge on any atom is 2.00 e. The van der Waals surface area contributed by atoms with E-state index in [2.05, 4.69) is 15.0 Å². The molecule has 0 fully saturated rings. The summed E-state index contributed by atoms with van der Waals surface area (Å²) < 4.78 is 1.72. The molecular formula is C8H9N5W. The fraction of sp³-hybridized carbons (Fsp3) is 0. The van der Waals surface area contributed by atoms with E-state index in [0.29, 0.717) is 5.82 Å². The van der Waals surface area contributed by atoms with Gasteiger partial charge in [-0.3, -0.25) is 0 Å². The minimum atomic E-state index is 0. The molecule has 0 spiro atoms. The first-order chi connectivity index (χ1) is 5.86. The van der Waals surface area contributed by atoms with E-state index >= 15 is 0 Å². The van der Waals surface area contributed by atoms with Gasteiger partial charge in [0.2, 0.25) is 0 Å². The summed E-state index contributed by atoms with van der Waals surface area (Å²) in [6.45, 7) is 0. The number of imidazole rings is 1. The van der Waals surface area contributed by atoms with Crippen LogP contribution in [0.5, 0.6) is 0 Å². The zero-order valence-corrected chi connectivity index (χ0v) is 10.5. The smallest absolute Gasteiger partial charge is 0.410 e. The van der Waals surface area contributed by atoms with Crippen molar-refractivity contribution in [2.75, 3.05) is 0 Å². The normalized spacial score (nSPS) is 8.57. The third kappa shape index (κ3) is 2.63. The Labute approximate surface area is 96.7 Å². The molecule has 0 aromatic carbocycles. The van der Waals surface area contributed by atoms with E-state index in [1.165, 1.54) is 0 Å². The van der Waals surface area contributed by atoms with Crippen molar-refractivity contribution >= 4 is 5.95 Å². The zero-order valence-electron chi connectivity index (χ0n) is 7.58. The molecule has 2 heterocycles. The minimum Gasteiger partial charge on any atom is -0.410 e. The summed E-state index contributed by atoms with van der Waals surface area (Å²) in [6.07, 6.45) is 6.60. The summed E-state index contributed by atoms with van der Waals surface area (Å²) in [5.74, 6) is 0.675. The molecule has 0 aliphatic carbocycles. The molecule has 0 atom stereocenters. The van der Waals surface area contributed by atoms with Crippen LogP contribution in [0, 0.1) is 7.43 Å². The first-order valence-corrected chi connectivity index (χ1v) is 3.39. The van der Waals surface area contributed by atoms with Gasteiger partial charge >= 0.3 is 21.1 Å². The summed E-state index contributed by atoms with van der Waals surface area (Å²) in [4.78, 5) is 11.4. The van der Waals surface area contributed by atoms with Gasteiger partial charge in [0.05, 0.1) is 12.1 Å². The molecule has 14 heavy (non-hydrogen) atoms. The molecule has 5 nitrogen and oxygen atoms in total. The molecule has 0 radical (unpaired) electrons. The van der Waals surface area contributed by atoms with Crippen LogP contribution in [0.15, 0.2) is 31.0 Å². The number of hydrogen-bond acceptors (Lipinski definition) is 3. The Hall–Kier alpha value is -1.22. The van der Waals surface area contributed by atoms with Crippen molar-refractivity contribution in [3.8, 4) is 5.82 Å². The van der Waals surface area contributed by atoms with Crippen molar-refractivity contribution in [1.29, 1.82) is 0 Å². The molecule has 0 aliphatic rings. The molecule has 0 bridgehead atoms. The molecule has 2 rings (SSSR count). The predicted molar refractivity (Wildman–Crippen MR) is 49.5 cm³/mol. The molecule has 6 heteroatoms. The quantitative estimate of drug-likeness (QED) is 0.730. The van der Waals surface area contributed by atoms with E-state index in [4.69, 9.17) is 5.73 Å². The van der Waals surface area contributed by atoms with Gasteiger partial charge in [-0.05, 0) is 12.3 Å². The van der Waals surface area contributed by atoms with Crippen LogP contribution in [0.25, 0.3) is 11.6 Å². The fourth-order valence-electron chi connectivity index (χ4n) is 0.888. The second-order valence-corrected chi connectivity index (χ2v) is 2.21. The zero-order chi connectivity index (χ0) is 8.39. The molecule has 0 saturated heterocycles. The van der Waals surface area contributed by atoms with Gasteiger partial charge in [0.25, 0.3) is 0 Å². The molecule has 2 aromatic heterocycles. The third-order valence-corrected chi connectivity index (χ3v) is 1.41. The first-order valence-electron chi connectivity index (χ1n) is 3.39. The van der Waals surface area contributed by atoms with Gasteiger partial charge in [-0.25, -0.2) is 4.98 Å². The molecule has 0 aliphatic heterocycles. The summed E-state index contributed by atoms with van der Waals surface area (Å²) in [5, 5.41) is 0. The monoisotopic (exact) mass is 359 g/mol. The van der Waals surface area contributed by atoms with E-state index in [1.54, 1.807) is 35.6 Å². The Morgan fingerprint density at radius 1 is 1.29 bits per heavy atom. The van der Waals surface area contributed by atoms with Crippen LogP contribution in [0.2, 0.25) is 0 Å². The number of hydrogen-bond donors (Lipinski definition) is 0. The van der Waals surface area contributed by atoms with Gasteiger partial charge in [-0.1, -0.05) is 0 Å². The Balaban J connectivity index is 0.000000845. The molecule has 0 saturated carbocycles. The van der Waals surface area contributed by atoms with Gasteiger partial charge in [0.1, 0.15) is 0 Å². The van der Waals surface area contributed by atoms with Crippen molar-refractivity contribution < 1.29 is 21.1 Å². The van der Waals surface area contributed by atoms with Gasteiger partial charge in [0, 0.05) is 18.3 Å². The van der Waals surface area contributed by atoms with Crippen LogP contribution < -0.4 is 0 Å². The summed E-state index contributed by atoms with van der Waals surface area (Å²) in [5.41, 5.74) is 7.18. The SMILES string of the molecule is [CH3-].[NH-]c1nccc(-n2ccnc2)n1.[W+2]. The molecule has 0 amide bonds. The molecule has 72 valence electrons. The van der Waals surface area contributed by atoms with E-state index < -0.39 is 0 Å². The average molecular weight is 359 g/mol. The molecule has 2 aromatic rings. The van der Waals surface area contributed by atoms with E-state index in [0.717, 1.165) is 0 Å². The predicted octanol–water partition coefficient (Wildman–Crippen LogP) is 1.79. The Kier molecular flexibility index (Phi) is 5.02. The first kappa shape index (κ1) is 12.8. The standard InChI is InChI=1S/C7H6N5.CH3.W/c8-7-10-2-1-6(11-7)12-4-3-9-5-12;;/h1-5H,(H-,8,10,11);1H3;/q2*-1;+2. The largest absolute Gasteiger partial charge is 2.00 e. The maximum atomic E-state index is 7.18. The molecule has 0 unspecified atom stereocenters. The average Bonchev–Trinajstić information content (AvgIpc) is 2.56. The maximum absolute atomic E-state index is 7.18. The van der Waals surface area contributed by atoms with Gasteiger partial charge in [0.15, 0.2) is 0 Å². The van der Waals surface area contributed by atoms with Gasteiger partial charge < -0.3 is 27.7 Å². The fourth-order valence-corrected chi connectivity index (χ4v) is 0.888. The van der Waals surface area contributed by atoms with E-state index in [9.17, 15) is 0 Å². The second kappa shape index (κ2) is 5.50. The van der Waals surface area contributed by atoms with Crippen LogP contribution >= 0.6 is 0 Å². The van der Waals surface area contributed by atoms with Crippen molar-refractivity contribution in [2.24, 2.45) is 0 Å². The number of nitrogens with zero attached hydrogens (tertiary/aromatic N) is 4. The molecule has 1 N–H and O–H groups in total. The minimum absolute atomic E-state index is 0. The summed E-state index contributed by atoms with van der Waals surface area (Å²) in [6, 6.07) is 1.72. The Bertz CT molecular complexity index is 373. The molecular weight excluding hydrogens is 350 g/mol. The van der Waals surface area contributed by atoms with Crippen LogP contribution in [-0.2, 0) is 21.1 Å². The van der Waals surface area contributed by atoms with Crippen molar-refractivity contribution in [3.63, 3.8) is 0 Å². The Morgan fingerprint density at radius 2 is 2.07 bits per heavy atom. The van der Waals surface area contributed by atoms with E-state index in [-0.39, 0.29) is 34.4 Å². The summed E-state index contributed by atoms with van der Waals surface area (Å²) >= 11 is 0.